The van der Waals surface area contributed by atoms with E-state index in [1.807, 2.05) is 0 Å². The zero-order valence-corrected chi connectivity index (χ0v) is 13.0. The SMILES string of the molecule is O=[N+]([O-])c1ccc(C(Br)c2cc(Cl)c(Br)cc2F)o1. The summed E-state index contributed by atoms with van der Waals surface area (Å²) in [6.45, 7) is 0. The molecule has 1 atom stereocenters. The maximum Gasteiger partial charge on any atom is 0.433 e. The van der Waals surface area contributed by atoms with E-state index in [4.69, 9.17) is 16.0 Å². The molecule has 2 aromatic rings. The number of rotatable bonds is 3. The third-order valence-electron chi connectivity index (χ3n) is 2.35. The molecule has 1 unspecified atom stereocenters. The molecular weight excluding hydrogens is 408 g/mol. The first-order valence-corrected chi connectivity index (χ1v) is 7.01. The van der Waals surface area contributed by atoms with Crippen molar-refractivity contribution in [2.24, 2.45) is 0 Å². The smallest absolute Gasteiger partial charge is 0.404 e. The van der Waals surface area contributed by atoms with Crippen molar-refractivity contribution in [3.8, 4) is 0 Å². The Morgan fingerprint density at radius 1 is 1.42 bits per heavy atom. The second kappa shape index (κ2) is 5.60. The second-order valence-electron chi connectivity index (χ2n) is 3.58. The van der Waals surface area contributed by atoms with Gasteiger partial charge in [0.05, 0.1) is 11.1 Å². The molecule has 0 amide bonds. The zero-order valence-electron chi connectivity index (χ0n) is 9.07. The van der Waals surface area contributed by atoms with Crippen LogP contribution < -0.4 is 0 Å². The third kappa shape index (κ3) is 2.98. The van der Waals surface area contributed by atoms with Crippen molar-refractivity contribution < 1.29 is 13.7 Å². The van der Waals surface area contributed by atoms with E-state index in [0.29, 0.717) is 9.50 Å². The number of hydrogen-bond donors (Lipinski definition) is 0. The summed E-state index contributed by atoms with van der Waals surface area (Å²) in [4.78, 5) is 9.22. The molecule has 2 rings (SSSR count). The van der Waals surface area contributed by atoms with Crippen LogP contribution in [0.3, 0.4) is 0 Å². The second-order valence-corrected chi connectivity index (χ2v) is 5.76. The van der Waals surface area contributed by atoms with Gasteiger partial charge in [-0.05, 0) is 34.1 Å². The first-order chi connectivity index (χ1) is 8.90. The highest BCUT2D eigenvalue weighted by molar-refractivity contribution is 9.10. The highest BCUT2D eigenvalue weighted by atomic mass is 79.9. The number of furan rings is 1. The average molecular weight is 413 g/mol. The Morgan fingerprint density at radius 3 is 2.68 bits per heavy atom. The molecule has 8 heteroatoms. The monoisotopic (exact) mass is 411 g/mol. The van der Waals surface area contributed by atoms with Crippen LogP contribution in [0.2, 0.25) is 5.02 Å². The van der Waals surface area contributed by atoms with Crippen LogP contribution in [-0.4, -0.2) is 4.92 Å². The average Bonchev–Trinajstić information content (AvgIpc) is 2.82. The van der Waals surface area contributed by atoms with Crippen LogP contribution >= 0.6 is 43.5 Å². The fourth-order valence-corrected chi connectivity index (χ4v) is 2.55. The number of alkyl halides is 1. The molecule has 1 heterocycles. The zero-order chi connectivity index (χ0) is 14.2. The molecule has 1 aromatic carbocycles. The third-order valence-corrected chi connectivity index (χ3v) is 4.50. The van der Waals surface area contributed by atoms with Gasteiger partial charge in [-0.15, -0.1) is 0 Å². The number of halogens is 4. The van der Waals surface area contributed by atoms with Gasteiger partial charge in [-0.1, -0.05) is 27.5 Å². The molecule has 0 saturated heterocycles. The minimum Gasteiger partial charge on any atom is -0.404 e. The standard InChI is InChI=1S/C11H5Br2ClFNO3/c12-6-4-8(15)5(3-7(6)14)11(13)9-1-2-10(19-9)16(17)18/h1-4,11H. The maximum absolute atomic E-state index is 13.8. The van der Waals surface area contributed by atoms with E-state index in [9.17, 15) is 14.5 Å². The summed E-state index contributed by atoms with van der Waals surface area (Å²) in [5, 5.41) is 10.9. The summed E-state index contributed by atoms with van der Waals surface area (Å²) < 4.78 is 19.3. The molecule has 19 heavy (non-hydrogen) atoms. The number of nitro groups is 1. The van der Waals surface area contributed by atoms with Crippen LogP contribution in [0, 0.1) is 15.9 Å². The van der Waals surface area contributed by atoms with Crippen LogP contribution in [0.15, 0.2) is 33.2 Å². The van der Waals surface area contributed by atoms with Gasteiger partial charge in [0, 0.05) is 10.0 Å². The van der Waals surface area contributed by atoms with Crippen LogP contribution in [0.1, 0.15) is 16.2 Å². The molecule has 0 spiro atoms. The Bertz CT molecular complexity index is 647. The number of nitrogens with zero attached hydrogens (tertiary/aromatic N) is 1. The van der Waals surface area contributed by atoms with E-state index in [-0.39, 0.29) is 11.3 Å². The fraction of sp³-hybridized carbons (Fsp3) is 0.0909. The minimum atomic E-state index is -0.660. The fourth-order valence-electron chi connectivity index (χ4n) is 1.46. The van der Waals surface area contributed by atoms with E-state index in [1.54, 1.807) is 0 Å². The first-order valence-electron chi connectivity index (χ1n) is 4.92. The molecule has 0 radical (unpaired) electrons. The lowest BCUT2D eigenvalue weighted by molar-refractivity contribution is -0.402. The molecule has 0 aliphatic heterocycles. The number of hydrogen-bond acceptors (Lipinski definition) is 3. The molecule has 0 aliphatic rings. The lowest BCUT2D eigenvalue weighted by Crippen LogP contribution is -1.96. The summed E-state index contributed by atoms with van der Waals surface area (Å²) in [6, 6.07) is 5.27. The van der Waals surface area contributed by atoms with Crippen LogP contribution in [0.25, 0.3) is 0 Å². The molecule has 100 valence electrons. The van der Waals surface area contributed by atoms with E-state index >= 15 is 0 Å². The molecule has 1 aromatic heterocycles. The Balaban J connectivity index is 2.40. The van der Waals surface area contributed by atoms with Gasteiger partial charge in [0.25, 0.3) is 0 Å². The normalized spacial score (nSPS) is 12.4. The largest absolute Gasteiger partial charge is 0.433 e. The van der Waals surface area contributed by atoms with Crippen LogP contribution in [0.5, 0.6) is 0 Å². The van der Waals surface area contributed by atoms with Gasteiger partial charge < -0.3 is 4.42 Å². The molecule has 0 saturated carbocycles. The summed E-state index contributed by atoms with van der Waals surface area (Å²) in [5.74, 6) is -0.677. The lowest BCUT2D eigenvalue weighted by Gasteiger charge is -2.09. The van der Waals surface area contributed by atoms with Gasteiger partial charge in [-0.25, -0.2) is 4.39 Å². The molecule has 0 N–H and O–H groups in total. The molecule has 0 fully saturated rings. The molecule has 0 aliphatic carbocycles. The van der Waals surface area contributed by atoms with Gasteiger partial charge in [0.1, 0.15) is 21.3 Å². The Morgan fingerprint density at radius 2 is 2.11 bits per heavy atom. The van der Waals surface area contributed by atoms with Crippen molar-refractivity contribution in [2.75, 3.05) is 0 Å². The van der Waals surface area contributed by atoms with Gasteiger partial charge >= 0.3 is 5.88 Å². The molecular formula is C11H5Br2ClFNO3. The van der Waals surface area contributed by atoms with E-state index < -0.39 is 21.5 Å². The van der Waals surface area contributed by atoms with Crippen LogP contribution in [0.4, 0.5) is 10.3 Å². The van der Waals surface area contributed by atoms with Crippen molar-refractivity contribution >= 4 is 49.3 Å². The minimum absolute atomic E-state index is 0.226. The Hall–Kier alpha value is -0.920. The predicted molar refractivity (Wildman–Crippen MR) is 75.2 cm³/mol. The van der Waals surface area contributed by atoms with Gasteiger partial charge in [0.15, 0.2) is 0 Å². The predicted octanol–water partition coefficient (Wildman–Crippen LogP) is 5.23. The van der Waals surface area contributed by atoms with Crippen molar-refractivity contribution in [2.45, 2.75) is 4.83 Å². The maximum atomic E-state index is 13.8. The molecule has 4 nitrogen and oxygen atoms in total. The van der Waals surface area contributed by atoms with Crippen molar-refractivity contribution in [3.05, 3.63) is 61.0 Å². The summed E-state index contributed by atoms with van der Waals surface area (Å²) in [6.07, 6.45) is 0. The highest BCUT2D eigenvalue weighted by Gasteiger charge is 2.22. The summed E-state index contributed by atoms with van der Waals surface area (Å²) in [7, 11) is 0. The molecule has 0 bridgehead atoms. The van der Waals surface area contributed by atoms with Gasteiger partial charge in [-0.2, -0.15) is 0 Å². The number of benzene rings is 1. The van der Waals surface area contributed by atoms with Crippen molar-refractivity contribution in [3.63, 3.8) is 0 Å². The quantitative estimate of drug-likeness (QED) is 0.300. The topological polar surface area (TPSA) is 56.3 Å². The first kappa shape index (κ1) is 14.5. The van der Waals surface area contributed by atoms with E-state index in [0.717, 1.165) is 0 Å². The lowest BCUT2D eigenvalue weighted by atomic mass is 10.1. The highest BCUT2D eigenvalue weighted by Crippen LogP contribution is 2.38. The Kier molecular flexibility index (Phi) is 4.27. The van der Waals surface area contributed by atoms with Crippen molar-refractivity contribution in [1.82, 2.24) is 0 Å². The van der Waals surface area contributed by atoms with Gasteiger partial charge in [-0.3, -0.25) is 10.1 Å². The summed E-state index contributed by atoms with van der Waals surface area (Å²) >= 11 is 12.2. The van der Waals surface area contributed by atoms with E-state index in [2.05, 4.69) is 31.9 Å². The van der Waals surface area contributed by atoms with Crippen molar-refractivity contribution in [1.29, 1.82) is 0 Å². The van der Waals surface area contributed by atoms with Crippen LogP contribution in [-0.2, 0) is 0 Å². The Labute approximate surface area is 129 Å². The summed E-state index contributed by atoms with van der Waals surface area (Å²) in [5.41, 5.74) is 0.234. The van der Waals surface area contributed by atoms with E-state index in [1.165, 1.54) is 24.3 Å². The van der Waals surface area contributed by atoms with Gasteiger partial charge in [0.2, 0.25) is 0 Å².